The van der Waals surface area contributed by atoms with E-state index < -0.39 is 33.3 Å². The molecule has 200 valence electrons. The Morgan fingerprint density at radius 1 is 1.11 bits per heavy atom. The van der Waals surface area contributed by atoms with Gasteiger partial charge < -0.3 is 10.6 Å². The Morgan fingerprint density at radius 3 is 2.42 bits per heavy atom. The third-order valence-electron chi connectivity index (χ3n) is 6.38. The fourth-order valence-electron chi connectivity index (χ4n) is 4.13. The lowest BCUT2D eigenvalue weighted by Gasteiger charge is -2.30. The highest BCUT2D eigenvalue weighted by molar-refractivity contribution is 7.90. The summed E-state index contributed by atoms with van der Waals surface area (Å²) in [6, 6.07) is 15.8. The van der Waals surface area contributed by atoms with E-state index in [2.05, 4.69) is 26.5 Å². The number of carbonyl (C=O) groups excluding carboxylic acids is 2. The predicted molar refractivity (Wildman–Crippen MR) is 144 cm³/mol. The van der Waals surface area contributed by atoms with E-state index in [1.54, 1.807) is 16.8 Å². The normalized spacial score (nSPS) is 14.6. The molecule has 38 heavy (non-hydrogen) atoms. The topological polar surface area (TPSA) is 146 Å². The van der Waals surface area contributed by atoms with Gasteiger partial charge in [0.15, 0.2) is 5.69 Å². The number of sulfonamides is 1. The zero-order chi connectivity index (χ0) is 27.5. The Morgan fingerprint density at radius 2 is 1.79 bits per heavy atom. The van der Waals surface area contributed by atoms with Crippen LogP contribution in [0.1, 0.15) is 55.2 Å². The van der Waals surface area contributed by atoms with E-state index in [0.29, 0.717) is 30.3 Å². The summed E-state index contributed by atoms with van der Waals surface area (Å²) >= 11 is 0. The molecule has 0 aliphatic heterocycles. The van der Waals surface area contributed by atoms with E-state index in [9.17, 15) is 18.0 Å². The number of benzene rings is 2. The van der Waals surface area contributed by atoms with Gasteiger partial charge >= 0.3 is 0 Å². The van der Waals surface area contributed by atoms with Crippen LogP contribution in [0.25, 0.3) is 10.9 Å². The van der Waals surface area contributed by atoms with Crippen LogP contribution in [-0.2, 0) is 21.4 Å². The van der Waals surface area contributed by atoms with Crippen molar-refractivity contribution in [1.82, 2.24) is 25.1 Å². The number of nitriles is 1. The SMILES string of the molecule is CC(C)(C)[C@H](NC(=O)c1nn(Cc2ccc(C#N)cc2)c2ccccc12)C(=O)NCCNS(=O)(=O)C1CC1. The number of hydrogen-bond donors (Lipinski definition) is 3. The largest absolute Gasteiger partial charge is 0.353 e. The third kappa shape index (κ3) is 6.38. The van der Waals surface area contributed by atoms with Crippen molar-refractivity contribution < 1.29 is 18.0 Å². The Hall–Kier alpha value is -3.75. The summed E-state index contributed by atoms with van der Waals surface area (Å²) < 4.78 is 28.2. The van der Waals surface area contributed by atoms with Gasteiger partial charge in [-0.2, -0.15) is 10.4 Å². The average molecular weight is 537 g/mol. The lowest BCUT2D eigenvalue weighted by molar-refractivity contribution is -0.125. The Kier molecular flexibility index (Phi) is 7.85. The van der Waals surface area contributed by atoms with Gasteiger partial charge in [0.05, 0.1) is 28.9 Å². The molecule has 0 bridgehead atoms. The van der Waals surface area contributed by atoms with E-state index in [-0.39, 0.29) is 24.0 Å². The second-order valence-corrected chi connectivity index (χ2v) is 12.6. The van der Waals surface area contributed by atoms with Gasteiger partial charge in [-0.3, -0.25) is 14.3 Å². The molecule has 2 amide bonds. The number of hydrogen-bond acceptors (Lipinski definition) is 6. The molecule has 3 aromatic rings. The zero-order valence-electron chi connectivity index (χ0n) is 21.7. The first-order valence-electron chi connectivity index (χ1n) is 12.5. The predicted octanol–water partition coefficient (Wildman–Crippen LogP) is 2.30. The number of amides is 2. The van der Waals surface area contributed by atoms with Crippen LogP contribution in [0, 0.1) is 16.7 Å². The molecular weight excluding hydrogens is 504 g/mol. The van der Waals surface area contributed by atoms with Gasteiger partial charge in [0.2, 0.25) is 15.9 Å². The number of rotatable bonds is 10. The van der Waals surface area contributed by atoms with E-state index in [1.165, 1.54) is 0 Å². The highest BCUT2D eigenvalue weighted by Gasteiger charge is 2.36. The number of para-hydroxylation sites is 1. The molecule has 0 unspecified atom stereocenters. The minimum atomic E-state index is -3.33. The van der Waals surface area contributed by atoms with E-state index in [4.69, 9.17) is 5.26 Å². The molecule has 1 atom stereocenters. The Balaban J connectivity index is 1.48. The molecule has 3 N–H and O–H groups in total. The first kappa shape index (κ1) is 27.3. The van der Waals surface area contributed by atoms with E-state index in [0.717, 1.165) is 11.1 Å². The first-order valence-corrected chi connectivity index (χ1v) is 14.1. The molecule has 1 aromatic heterocycles. The molecular formula is C27H32N6O4S. The molecule has 0 radical (unpaired) electrons. The molecule has 1 aliphatic carbocycles. The maximum Gasteiger partial charge on any atom is 0.273 e. The summed E-state index contributed by atoms with van der Waals surface area (Å²) in [6.45, 7) is 6.12. The second kappa shape index (κ2) is 10.9. The maximum atomic E-state index is 13.4. The number of nitrogens with zero attached hydrogens (tertiary/aromatic N) is 3. The smallest absolute Gasteiger partial charge is 0.273 e. The molecule has 11 heteroatoms. The molecule has 1 aliphatic rings. The van der Waals surface area contributed by atoms with Gasteiger partial charge in [-0.25, -0.2) is 13.1 Å². The minimum Gasteiger partial charge on any atom is -0.353 e. The number of aromatic nitrogens is 2. The summed E-state index contributed by atoms with van der Waals surface area (Å²) in [4.78, 5) is 26.5. The monoisotopic (exact) mass is 536 g/mol. The van der Waals surface area contributed by atoms with Crippen molar-refractivity contribution in [2.75, 3.05) is 13.1 Å². The fraction of sp³-hybridized carbons (Fsp3) is 0.407. The van der Waals surface area contributed by atoms with Crippen molar-refractivity contribution >= 4 is 32.7 Å². The van der Waals surface area contributed by atoms with Gasteiger partial charge in [-0.05, 0) is 42.0 Å². The zero-order valence-corrected chi connectivity index (χ0v) is 22.5. The summed E-state index contributed by atoms with van der Waals surface area (Å²) in [5.41, 5.74) is 1.84. The van der Waals surface area contributed by atoms with E-state index in [1.807, 2.05) is 57.2 Å². The van der Waals surface area contributed by atoms with Crippen LogP contribution in [0.4, 0.5) is 0 Å². The fourth-order valence-corrected chi connectivity index (χ4v) is 5.50. The van der Waals surface area contributed by atoms with Crippen molar-refractivity contribution in [3.05, 3.63) is 65.4 Å². The summed E-state index contributed by atoms with van der Waals surface area (Å²) in [7, 11) is -3.33. The quantitative estimate of drug-likeness (QED) is 0.339. The van der Waals surface area contributed by atoms with Crippen molar-refractivity contribution in [3.8, 4) is 6.07 Å². The average Bonchev–Trinajstić information content (AvgIpc) is 3.68. The maximum absolute atomic E-state index is 13.4. The van der Waals surface area contributed by atoms with Crippen LogP contribution in [0.5, 0.6) is 0 Å². The second-order valence-electron chi connectivity index (χ2n) is 10.5. The number of nitrogens with one attached hydrogen (secondary N) is 3. The van der Waals surface area contributed by atoms with Crippen LogP contribution in [-0.4, -0.2) is 54.4 Å². The lowest BCUT2D eigenvalue weighted by atomic mass is 9.86. The molecule has 4 rings (SSSR count). The van der Waals surface area contributed by atoms with Crippen molar-refractivity contribution in [3.63, 3.8) is 0 Å². The van der Waals surface area contributed by atoms with Gasteiger partial charge in [-0.15, -0.1) is 0 Å². The molecule has 2 aromatic carbocycles. The molecule has 1 fully saturated rings. The Bertz CT molecular complexity index is 1480. The van der Waals surface area contributed by atoms with Crippen molar-refractivity contribution in [2.24, 2.45) is 5.41 Å². The van der Waals surface area contributed by atoms with Crippen LogP contribution in [0.2, 0.25) is 0 Å². The Labute approximate surface area is 222 Å². The van der Waals surface area contributed by atoms with Crippen molar-refractivity contribution in [2.45, 2.75) is 51.4 Å². The van der Waals surface area contributed by atoms with Gasteiger partial charge in [-0.1, -0.05) is 51.1 Å². The summed E-state index contributed by atoms with van der Waals surface area (Å²) in [5, 5.41) is 19.5. The van der Waals surface area contributed by atoms with Gasteiger partial charge in [0.25, 0.3) is 5.91 Å². The number of carbonyl (C=O) groups is 2. The summed E-state index contributed by atoms with van der Waals surface area (Å²) in [6.07, 6.45) is 1.33. The third-order valence-corrected chi connectivity index (χ3v) is 8.34. The van der Waals surface area contributed by atoms with Gasteiger partial charge in [0, 0.05) is 18.5 Å². The molecule has 1 heterocycles. The highest BCUT2D eigenvalue weighted by atomic mass is 32.2. The molecule has 10 nitrogen and oxygen atoms in total. The van der Waals surface area contributed by atoms with Crippen LogP contribution in [0.15, 0.2) is 48.5 Å². The van der Waals surface area contributed by atoms with E-state index >= 15 is 0 Å². The van der Waals surface area contributed by atoms with Crippen LogP contribution >= 0.6 is 0 Å². The van der Waals surface area contributed by atoms with Crippen molar-refractivity contribution in [1.29, 1.82) is 5.26 Å². The highest BCUT2D eigenvalue weighted by Crippen LogP contribution is 2.27. The standard InChI is InChI=1S/C27H32N6O4S/c1-27(2,3)24(26(35)29-14-15-30-38(36,37)20-12-13-20)31-25(34)23-21-6-4-5-7-22(21)33(32-23)17-19-10-8-18(16-28)9-11-19/h4-11,20,24,30H,12-15,17H2,1-3H3,(H,29,35)(H,31,34)/t24-/m1/s1. The first-order chi connectivity index (χ1) is 18.0. The summed E-state index contributed by atoms with van der Waals surface area (Å²) in [5.74, 6) is -0.887. The molecule has 0 saturated heterocycles. The van der Waals surface area contributed by atoms with Gasteiger partial charge in [0.1, 0.15) is 6.04 Å². The number of fused-ring (bicyclic) bond motifs is 1. The van der Waals surface area contributed by atoms with Crippen LogP contribution in [0.3, 0.4) is 0 Å². The molecule has 0 spiro atoms. The lowest BCUT2D eigenvalue weighted by Crippen LogP contribution is -2.54. The van der Waals surface area contributed by atoms with Crippen LogP contribution < -0.4 is 15.4 Å². The minimum absolute atomic E-state index is 0.0831. The molecule has 1 saturated carbocycles.